The van der Waals surface area contributed by atoms with Crippen LogP contribution in [-0.2, 0) is 13.2 Å². The fraction of sp³-hybridized carbons (Fsp3) is 0.200. The zero-order chi connectivity index (χ0) is 26.1. The van der Waals surface area contributed by atoms with E-state index in [-0.39, 0.29) is 11.5 Å². The van der Waals surface area contributed by atoms with Crippen molar-refractivity contribution in [2.45, 2.75) is 33.9 Å². The van der Waals surface area contributed by atoms with Gasteiger partial charge < -0.3 is 14.5 Å². The van der Waals surface area contributed by atoms with Gasteiger partial charge in [0.25, 0.3) is 5.91 Å². The van der Waals surface area contributed by atoms with Crippen LogP contribution in [0.4, 0.5) is 27.6 Å². The molecule has 0 fully saturated rings. The Hall–Kier alpha value is -4.15. The molecule has 2 aromatic heterocycles. The summed E-state index contributed by atoms with van der Waals surface area (Å²) >= 11 is 0. The van der Waals surface area contributed by atoms with Crippen molar-refractivity contribution in [1.82, 2.24) is 9.78 Å². The molecule has 0 saturated heterocycles. The van der Waals surface area contributed by atoms with Crippen molar-refractivity contribution in [2.24, 2.45) is 0 Å². The average molecular weight is 505 g/mol. The molecule has 0 atom stereocenters. The molecule has 2 aromatic carbocycles. The number of halogens is 5. The van der Waals surface area contributed by atoms with Gasteiger partial charge in [-0.2, -0.15) is 13.9 Å². The highest BCUT2D eigenvalue weighted by molar-refractivity contribution is 6.02. The average Bonchev–Trinajstić information content (AvgIpc) is 3.43. The summed E-state index contributed by atoms with van der Waals surface area (Å²) in [4.78, 5) is 12.7. The van der Waals surface area contributed by atoms with E-state index in [1.165, 1.54) is 12.1 Å². The number of amides is 1. The van der Waals surface area contributed by atoms with Crippen molar-refractivity contribution < 1.29 is 35.9 Å². The molecule has 0 aliphatic carbocycles. The molecule has 0 aliphatic heterocycles. The zero-order valence-corrected chi connectivity index (χ0v) is 19.4. The van der Waals surface area contributed by atoms with Crippen molar-refractivity contribution in [2.75, 3.05) is 5.32 Å². The first-order valence-electron chi connectivity index (χ1n) is 10.7. The molecule has 0 radical (unpaired) electrons. The lowest BCUT2D eigenvalue weighted by atomic mass is 10.1. The number of hydrogen-bond acceptors (Lipinski definition) is 4. The molecule has 4 rings (SSSR count). The van der Waals surface area contributed by atoms with Crippen LogP contribution in [0.25, 0.3) is 0 Å². The van der Waals surface area contributed by atoms with Crippen LogP contribution in [0.3, 0.4) is 0 Å². The summed E-state index contributed by atoms with van der Waals surface area (Å²) < 4.78 is 79.2. The van der Waals surface area contributed by atoms with Gasteiger partial charge in [0.1, 0.15) is 12.4 Å². The Kier molecular flexibility index (Phi) is 6.82. The van der Waals surface area contributed by atoms with Crippen LogP contribution in [-0.4, -0.2) is 15.7 Å². The first kappa shape index (κ1) is 25.0. The molecule has 1 N–H and O–H groups in total. The molecule has 188 valence electrons. The van der Waals surface area contributed by atoms with E-state index in [1.54, 1.807) is 18.5 Å². The van der Waals surface area contributed by atoms with Crippen LogP contribution < -0.4 is 10.1 Å². The van der Waals surface area contributed by atoms with Crippen LogP contribution in [0.15, 0.2) is 40.8 Å². The summed E-state index contributed by atoms with van der Waals surface area (Å²) in [6.07, 6.45) is 0. The number of rotatable bonds is 7. The Balaban J connectivity index is 1.46. The maximum Gasteiger partial charge on any atom is 0.291 e. The van der Waals surface area contributed by atoms with Gasteiger partial charge in [0.2, 0.25) is 29.1 Å². The summed E-state index contributed by atoms with van der Waals surface area (Å²) in [6.45, 7) is 5.36. The molecule has 11 heteroatoms. The largest absolute Gasteiger partial charge is 0.479 e. The summed E-state index contributed by atoms with van der Waals surface area (Å²) in [5.74, 6) is -13.1. The second kappa shape index (κ2) is 9.84. The van der Waals surface area contributed by atoms with E-state index < -0.39 is 47.3 Å². The summed E-state index contributed by atoms with van der Waals surface area (Å²) in [7, 11) is 0. The third kappa shape index (κ3) is 4.68. The minimum absolute atomic E-state index is 0.0761. The monoisotopic (exact) mass is 505 g/mol. The smallest absolute Gasteiger partial charge is 0.291 e. The van der Waals surface area contributed by atoms with Crippen LogP contribution in [0.1, 0.15) is 38.8 Å². The highest BCUT2D eigenvalue weighted by Gasteiger charge is 2.27. The maximum absolute atomic E-state index is 13.8. The Bertz CT molecular complexity index is 1430. The van der Waals surface area contributed by atoms with Gasteiger partial charge >= 0.3 is 0 Å². The third-order valence-electron chi connectivity index (χ3n) is 5.62. The Labute approximate surface area is 202 Å². The molecule has 4 aromatic rings. The number of carbonyl (C=O) groups is 1. The molecule has 0 bridgehead atoms. The number of aromatic nitrogens is 2. The van der Waals surface area contributed by atoms with Crippen molar-refractivity contribution in [3.05, 3.63) is 99.5 Å². The van der Waals surface area contributed by atoms with Crippen LogP contribution in [0.2, 0.25) is 0 Å². The molecule has 0 saturated carbocycles. The van der Waals surface area contributed by atoms with Crippen molar-refractivity contribution in [3.63, 3.8) is 0 Å². The second-order valence-electron chi connectivity index (χ2n) is 8.04. The summed E-state index contributed by atoms with van der Waals surface area (Å²) in [5, 5.41) is 7.22. The summed E-state index contributed by atoms with van der Waals surface area (Å²) in [5.41, 5.74) is 3.96. The van der Waals surface area contributed by atoms with Gasteiger partial charge in [0.15, 0.2) is 11.5 Å². The number of benzene rings is 2. The highest BCUT2D eigenvalue weighted by atomic mass is 19.2. The molecular weight excluding hydrogens is 485 g/mol. The molecular formula is C25H20F5N3O3. The van der Waals surface area contributed by atoms with Crippen LogP contribution in [0.5, 0.6) is 5.75 Å². The number of nitrogens with one attached hydrogen (secondary N) is 1. The fourth-order valence-electron chi connectivity index (χ4n) is 3.59. The number of nitrogens with zero attached hydrogens (tertiary/aromatic N) is 2. The van der Waals surface area contributed by atoms with Gasteiger partial charge in [0.05, 0.1) is 23.6 Å². The minimum Gasteiger partial charge on any atom is -0.479 e. The first-order valence-corrected chi connectivity index (χ1v) is 10.7. The Morgan fingerprint density at radius 3 is 2.25 bits per heavy atom. The lowest BCUT2D eigenvalue weighted by Gasteiger charge is -2.09. The minimum atomic E-state index is -2.29. The zero-order valence-electron chi connectivity index (χ0n) is 19.4. The Morgan fingerprint density at radius 2 is 1.58 bits per heavy atom. The van der Waals surface area contributed by atoms with E-state index in [0.29, 0.717) is 23.6 Å². The standard InChI is InChI=1S/C25H20F5N3O3/c1-12-6-4-5-7-15(12)10-33-14(3)23(13(2)32-33)31-25(34)17-9-8-16(36-17)11-35-24-21(29)19(27)18(26)20(28)22(24)30/h4-9H,10-11H2,1-3H3,(H,31,34). The van der Waals surface area contributed by atoms with Gasteiger partial charge in [-0.1, -0.05) is 24.3 Å². The second-order valence-corrected chi connectivity index (χ2v) is 8.04. The maximum atomic E-state index is 13.8. The third-order valence-corrected chi connectivity index (χ3v) is 5.62. The molecule has 0 unspecified atom stereocenters. The lowest BCUT2D eigenvalue weighted by Crippen LogP contribution is -2.13. The lowest BCUT2D eigenvalue weighted by molar-refractivity contribution is 0.0992. The topological polar surface area (TPSA) is 69.3 Å². The van der Waals surface area contributed by atoms with Gasteiger partial charge in [-0.15, -0.1) is 0 Å². The number of anilines is 1. The molecule has 2 heterocycles. The van der Waals surface area contributed by atoms with Gasteiger partial charge in [-0.3, -0.25) is 9.48 Å². The normalized spacial score (nSPS) is 11.1. The van der Waals surface area contributed by atoms with Crippen molar-refractivity contribution in [3.8, 4) is 5.75 Å². The van der Waals surface area contributed by atoms with Crippen LogP contribution in [0, 0.1) is 49.9 Å². The predicted octanol–water partition coefficient (Wildman–Crippen LogP) is 5.98. The number of ether oxygens (including phenoxy) is 1. The molecule has 36 heavy (non-hydrogen) atoms. The number of aryl methyl sites for hydroxylation is 2. The van der Waals surface area contributed by atoms with Crippen molar-refractivity contribution >= 4 is 11.6 Å². The number of furan rings is 1. The van der Waals surface area contributed by atoms with E-state index in [4.69, 9.17) is 9.15 Å². The fourth-order valence-corrected chi connectivity index (χ4v) is 3.59. The summed E-state index contributed by atoms with van der Waals surface area (Å²) in [6, 6.07) is 10.4. The van der Waals surface area contributed by atoms with E-state index in [0.717, 1.165) is 11.1 Å². The van der Waals surface area contributed by atoms with Gasteiger partial charge in [0, 0.05) is 0 Å². The quantitative estimate of drug-likeness (QED) is 0.191. The number of hydrogen-bond donors (Lipinski definition) is 1. The van der Waals surface area contributed by atoms with E-state index in [9.17, 15) is 26.7 Å². The SMILES string of the molecule is Cc1ccccc1Cn1nc(C)c(NC(=O)c2ccc(COc3c(F)c(F)c(F)c(F)c3F)o2)c1C. The van der Waals surface area contributed by atoms with Gasteiger partial charge in [-0.05, 0) is 44.0 Å². The molecule has 1 amide bonds. The molecule has 6 nitrogen and oxygen atoms in total. The number of carbonyl (C=O) groups excluding carboxylic acids is 1. The predicted molar refractivity (Wildman–Crippen MR) is 119 cm³/mol. The van der Waals surface area contributed by atoms with Gasteiger partial charge in [-0.25, -0.2) is 13.2 Å². The van der Waals surface area contributed by atoms with Crippen molar-refractivity contribution in [1.29, 1.82) is 0 Å². The Morgan fingerprint density at radius 1 is 0.944 bits per heavy atom. The van der Waals surface area contributed by atoms with E-state index >= 15 is 0 Å². The van der Waals surface area contributed by atoms with E-state index in [1.807, 2.05) is 31.2 Å². The first-order chi connectivity index (χ1) is 17.1. The molecule has 0 spiro atoms. The molecule has 0 aliphatic rings. The van der Waals surface area contributed by atoms with E-state index in [2.05, 4.69) is 10.4 Å². The van der Waals surface area contributed by atoms with Crippen LogP contribution >= 0.6 is 0 Å². The highest BCUT2D eigenvalue weighted by Crippen LogP contribution is 2.30.